The number of hydrogen-bond donors (Lipinski definition) is 1. The van der Waals surface area contributed by atoms with Gasteiger partial charge in [-0.2, -0.15) is 0 Å². The molecule has 2 saturated carbocycles. The highest BCUT2D eigenvalue weighted by molar-refractivity contribution is 4.91. The summed E-state index contributed by atoms with van der Waals surface area (Å²) >= 11 is 0. The summed E-state index contributed by atoms with van der Waals surface area (Å²) in [6.45, 7) is 7.75. The second kappa shape index (κ2) is 4.66. The van der Waals surface area contributed by atoms with Crippen molar-refractivity contribution in [2.24, 2.45) is 28.9 Å². The zero-order valence-electron chi connectivity index (χ0n) is 11.2. The van der Waals surface area contributed by atoms with Gasteiger partial charge >= 0.3 is 0 Å². The fourth-order valence-electron chi connectivity index (χ4n) is 3.86. The molecule has 0 aromatic carbocycles. The summed E-state index contributed by atoms with van der Waals surface area (Å²) in [5, 5.41) is 0. The Kier molecular flexibility index (Phi) is 3.60. The molecule has 0 amide bonds. The molecule has 0 aliphatic heterocycles. The molecule has 2 bridgehead atoms. The second-order valence-electron chi connectivity index (χ2n) is 7.00. The predicted molar refractivity (Wildman–Crippen MR) is 69.3 cm³/mol. The van der Waals surface area contributed by atoms with Crippen LogP contribution in [0.1, 0.15) is 39.5 Å². The van der Waals surface area contributed by atoms with Crippen LogP contribution in [0.2, 0.25) is 0 Å². The topological polar surface area (TPSA) is 29.3 Å². The Bertz CT molecular complexity index is 237. The Labute approximate surface area is 101 Å². The minimum atomic E-state index is 0.270. The van der Waals surface area contributed by atoms with Crippen molar-refractivity contribution >= 4 is 0 Å². The van der Waals surface area contributed by atoms with Gasteiger partial charge in [0.25, 0.3) is 0 Å². The van der Waals surface area contributed by atoms with Crippen molar-refractivity contribution in [3.63, 3.8) is 0 Å². The van der Waals surface area contributed by atoms with E-state index in [0.717, 1.165) is 30.8 Å². The molecular formula is C14H28N2. The van der Waals surface area contributed by atoms with Crippen molar-refractivity contribution in [1.82, 2.24) is 4.90 Å². The summed E-state index contributed by atoms with van der Waals surface area (Å²) in [4.78, 5) is 2.51. The van der Waals surface area contributed by atoms with Crippen LogP contribution in [0, 0.1) is 23.2 Å². The van der Waals surface area contributed by atoms with Crippen molar-refractivity contribution in [1.29, 1.82) is 0 Å². The molecule has 3 atom stereocenters. The number of fused-ring (bicyclic) bond motifs is 2. The van der Waals surface area contributed by atoms with Crippen molar-refractivity contribution in [3.05, 3.63) is 0 Å². The van der Waals surface area contributed by atoms with E-state index in [1.165, 1.54) is 32.2 Å². The highest BCUT2D eigenvalue weighted by atomic mass is 15.1. The zero-order valence-corrected chi connectivity index (χ0v) is 11.2. The molecule has 2 fully saturated rings. The van der Waals surface area contributed by atoms with E-state index in [-0.39, 0.29) is 5.41 Å². The summed E-state index contributed by atoms with van der Waals surface area (Å²) in [5.74, 6) is 3.11. The normalized spacial score (nSPS) is 33.9. The maximum atomic E-state index is 5.80. The maximum Gasteiger partial charge on any atom is 0.00418 e. The van der Waals surface area contributed by atoms with E-state index in [1.807, 2.05) is 0 Å². The monoisotopic (exact) mass is 224 g/mol. The van der Waals surface area contributed by atoms with Crippen molar-refractivity contribution in [2.75, 3.05) is 26.7 Å². The van der Waals surface area contributed by atoms with Gasteiger partial charge in [-0.05, 0) is 56.0 Å². The van der Waals surface area contributed by atoms with Crippen molar-refractivity contribution in [3.8, 4) is 0 Å². The van der Waals surface area contributed by atoms with Gasteiger partial charge in [0.1, 0.15) is 0 Å². The van der Waals surface area contributed by atoms with E-state index in [9.17, 15) is 0 Å². The quantitative estimate of drug-likeness (QED) is 0.776. The molecule has 0 aromatic heterocycles. The predicted octanol–water partition coefficient (Wildman–Crippen LogP) is 2.34. The highest BCUT2D eigenvalue weighted by Gasteiger charge is 2.39. The Morgan fingerprint density at radius 1 is 1.25 bits per heavy atom. The summed E-state index contributed by atoms with van der Waals surface area (Å²) in [5.41, 5.74) is 6.07. The molecule has 94 valence electrons. The molecule has 0 spiro atoms. The molecule has 16 heavy (non-hydrogen) atoms. The molecule has 2 N–H and O–H groups in total. The standard InChI is InChI=1S/C14H28N2/c1-14(2,9-15)10-16(3)8-13-7-11-4-5-12(13)6-11/h11-13H,4-10,15H2,1-3H3. The molecule has 0 aromatic rings. The molecule has 2 rings (SSSR count). The number of rotatable bonds is 5. The van der Waals surface area contributed by atoms with E-state index in [0.29, 0.717) is 0 Å². The molecular weight excluding hydrogens is 196 g/mol. The van der Waals surface area contributed by atoms with Gasteiger partial charge in [0.05, 0.1) is 0 Å². The molecule has 0 saturated heterocycles. The molecule has 2 heteroatoms. The van der Waals surface area contributed by atoms with Gasteiger partial charge in [0.2, 0.25) is 0 Å². The van der Waals surface area contributed by atoms with E-state index >= 15 is 0 Å². The van der Waals surface area contributed by atoms with E-state index in [1.54, 1.807) is 0 Å². The second-order valence-corrected chi connectivity index (χ2v) is 7.00. The summed E-state index contributed by atoms with van der Waals surface area (Å²) in [7, 11) is 2.27. The third-order valence-corrected chi connectivity index (χ3v) is 4.68. The van der Waals surface area contributed by atoms with Crippen LogP contribution in [-0.2, 0) is 0 Å². The molecule has 2 aliphatic carbocycles. The lowest BCUT2D eigenvalue weighted by Gasteiger charge is -2.32. The fraction of sp³-hybridized carbons (Fsp3) is 1.00. The number of nitrogens with two attached hydrogens (primary N) is 1. The average molecular weight is 224 g/mol. The van der Waals surface area contributed by atoms with Crippen LogP contribution in [0.3, 0.4) is 0 Å². The third-order valence-electron chi connectivity index (χ3n) is 4.68. The van der Waals surface area contributed by atoms with Crippen LogP contribution in [0.5, 0.6) is 0 Å². The van der Waals surface area contributed by atoms with Crippen molar-refractivity contribution < 1.29 is 0 Å². The van der Waals surface area contributed by atoms with Gasteiger partial charge in [-0.1, -0.05) is 20.3 Å². The number of nitrogens with zero attached hydrogens (tertiary/aromatic N) is 1. The molecule has 0 radical (unpaired) electrons. The minimum absolute atomic E-state index is 0.270. The first-order valence-corrected chi connectivity index (χ1v) is 6.89. The lowest BCUT2D eigenvalue weighted by Crippen LogP contribution is -2.39. The van der Waals surface area contributed by atoms with Crippen LogP contribution in [0.4, 0.5) is 0 Å². The summed E-state index contributed by atoms with van der Waals surface area (Å²) < 4.78 is 0. The largest absolute Gasteiger partial charge is 0.330 e. The summed E-state index contributed by atoms with van der Waals surface area (Å²) in [6.07, 6.45) is 6.04. The molecule has 2 aliphatic rings. The van der Waals surface area contributed by atoms with E-state index < -0.39 is 0 Å². The van der Waals surface area contributed by atoms with Gasteiger partial charge in [-0.3, -0.25) is 0 Å². The van der Waals surface area contributed by atoms with Gasteiger partial charge in [0.15, 0.2) is 0 Å². The van der Waals surface area contributed by atoms with Gasteiger partial charge in [0, 0.05) is 13.1 Å². The van der Waals surface area contributed by atoms with Crippen LogP contribution in [0.15, 0.2) is 0 Å². The van der Waals surface area contributed by atoms with Crippen molar-refractivity contribution in [2.45, 2.75) is 39.5 Å². The number of hydrogen-bond acceptors (Lipinski definition) is 2. The average Bonchev–Trinajstić information content (AvgIpc) is 2.78. The van der Waals surface area contributed by atoms with Gasteiger partial charge < -0.3 is 10.6 Å². The minimum Gasteiger partial charge on any atom is -0.330 e. The third kappa shape index (κ3) is 2.78. The highest BCUT2D eigenvalue weighted by Crippen LogP contribution is 2.48. The van der Waals surface area contributed by atoms with E-state index in [4.69, 9.17) is 5.73 Å². The Morgan fingerprint density at radius 2 is 2.00 bits per heavy atom. The molecule has 0 heterocycles. The van der Waals surface area contributed by atoms with Crippen LogP contribution in [-0.4, -0.2) is 31.6 Å². The van der Waals surface area contributed by atoms with Gasteiger partial charge in [-0.15, -0.1) is 0 Å². The van der Waals surface area contributed by atoms with E-state index in [2.05, 4.69) is 25.8 Å². The van der Waals surface area contributed by atoms with Gasteiger partial charge in [-0.25, -0.2) is 0 Å². The smallest absolute Gasteiger partial charge is 0.00418 e. The first kappa shape index (κ1) is 12.4. The molecule has 2 nitrogen and oxygen atoms in total. The summed E-state index contributed by atoms with van der Waals surface area (Å²) in [6, 6.07) is 0. The van der Waals surface area contributed by atoms with Crippen LogP contribution in [0.25, 0.3) is 0 Å². The first-order chi connectivity index (χ1) is 7.50. The maximum absolute atomic E-state index is 5.80. The molecule has 3 unspecified atom stereocenters. The lowest BCUT2D eigenvalue weighted by atomic mass is 9.87. The fourth-order valence-corrected chi connectivity index (χ4v) is 3.86. The SMILES string of the molecule is CN(CC1CC2CCC1C2)CC(C)(C)CN. The van der Waals surface area contributed by atoms with Crippen LogP contribution >= 0.6 is 0 Å². The first-order valence-electron chi connectivity index (χ1n) is 6.89. The Balaban J connectivity index is 1.77. The zero-order chi connectivity index (χ0) is 11.8. The Hall–Kier alpha value is -0.0800. The lowest BCUT2D eigenvalue weighted by molar-refractivity contribution is 0.166. The van der Waals surface area contributed by atoms with Crippen LogP contribution < -0.4 is 5.73 Å². The Morgan fingerprint density at radius 3 is 2.50 bits per heavy atom.